The van der Waals surface area contributed by atoms with Crippen molar-refractivity contribution in [3.63, 3.8) is 0 Å². The minimum absolute atomic E-state index is 0.154. The van der Waals surface area contributed by atoms with Crippen LogP contribution in [-0.4, -0.2) is 0 Å². The summed E-state index contributed by atoms with van der Waals surface area (Å²) < 4.78 is 27.3. The van der Waals surface area contributed by atoms with Gasteiger partial charge in [0.15, 0.2) is 0 Å². The standard InChI is InChI=1S/C11H7BrClF2N/c1-2-6(5-16)11(13)10-8(14)3-7(12)4-9(10)15/h3-4H,2H2,1H3. The molecule has 0 unspecified atom stereocenters. The number of benzene rings is 1. The average molecular weight is 307 g/mol. The maximum atomic E-state index is 13.5. The molecular formula is C11H7BrClF2N. The van der Waals surface area contributed by atoms with Crippen LogP contribution in [-0.2, 0) is 0 Å². The largest absolute Gasteiger partial charge is 0.206 e. The van der Waals surface area contributed by atoms with E-state index in [0.717, 1.165) is 12.1 Å². The Hall–Kier alpha value is -0.920. The Bertz CT molecular complexity index is 468. The summed E-state index contributed by atoms with van der Waals surface area (Å²) in [5, 5.41) is 8.57. The summed E-state index contributed by atoms with van der Waals surface area (Å²) in [7, 11) is 0. The molecule has 0 aliphatic carbocycles. The Balaban J connectivity index is 3.46. The number of hydrogen-bond acceptors (Lipinski definition) is 1. The molecule has 1 rings (SSSR count). The third-order valence-corrected chi connectivity index (χ3v) is 2.85. The monoisotopic (exact) mass is 305 g/mol. The maximum Gasteiger partial charge on any atom is 0.136 e. The van der Waals surface area contributed by atoms with Crippen molar-refractivity contribution in [2.45, 2.75) is 13.3 Å². The maximum absolute atomic E-state index is 13.5. The van der Waals surface area contributed by atoms with Crippen LogP contribution in [0.1, 0.15) is 18.9 Å². The van der Waals surface area contributed by atoms with Gasteiger partial charge in [-0.1, -0.05) is 34.5 Å². The summed E-state index contributed by atoms with van der Waals surface area (Å²) >= 11 is 8.76. The molecule has 1 aromatic rings. The number of nitrogens with zero attached hydrogens (tertiary/aromatic N) is 1. The van der Waals surface area contributed by atoms with Crippen molar-refractivity contribution in [3.05, 3.63) is 39.4 Å². The molecule has 0 aliphatic heterocycles. The lowest BCUT2D eigenvalue weighted by Gasteiger charge is -2.06. The molecule has 84 valence electrons. The number of nitriles is 1. The third-order valence-electron chi connectivity index (χ3n) is 1.98. The second kappa shape index (κ2) is 5.42. The van der Waals surface area contributed by atoms with Crippen molar-refractivity contribution in [1.29, 1.82) is 5.26 Å². The van der Waals surface area contributed by atoms with E-state index in [1.165, 1.54) is 0 Å². The number of halogens is 4. The van der Waals surface area contributed by atoms with Gasteiger partial charge in [0.2, 0.25) is 0 Å². The van der Waals surface area contributed by atoms with E-state index < -0.39 is 11.6 Å². The van der Waals surface area contributed by atoms with Crippen LogP contribution < -0.4 is 0 Å². The average Bonchev–Trinajstić information content (AvgIpc) is 2.17. The topological polar surface area (TPSA) is 23.8 Å². The molecule has 0 spiro atoms. The molecule has 0 amide bonds. The van der Waals surface area contributed by atoms with Crippen molar-refractivity contribution in [2.24, 2.45) is 0 Å². The van der Waals surface area contributed by atoms with Gasteiger partial charge in [-0.05, 0) is 18.6 Å². The van der Waals surface area contributed by atoms with E-state index >= 15 is 0 Å². The Morgan fingerprint density at radius 1 is 1.44 bits per heavy atom. The van der Waals surface area contributed by atoms with Crippen LogP contribution in [0.3, 0.4) is 0 Å². The molecule has 0 atom stereocenters. The van der Waals surface area contributed by atoms with Gasteiger partial charge in [0.1, 0.15) is 11.6 Å². The van der Waals surface area contributed by atoms with E-state index in [2.05, 4.69) is 15.9 Å². The Kier molecular flexibility index (Phi) is 4.45. The fourth-order valence-corrected chi connectivity index (χ4v) is 1.94. The molecule has 5 heteroatoms. The first kappa shape index (κ1) is 13.1. The second-order valence-corrected chi connectivity index (χ2v) is 4.30. The van der Waals surface area contributed by atoms with Crippen LogP contribution in [0, 0.1) is 23.0 Å². The lowest BCUT2D eigenvalue weighted by Crippen LogP contribution is -1.94. The quantitative estimate of drug-likeness (QED) is 0.732. The van der Waals surface area contributed by atoms with Crippen LogP contribution in [0.25, 0.3) is 5.03 Å². The van der Waals surface area contributed by atoms with E-state index in [0.29, 0.717) is 6.42 Å². The predicted octanol–water partition coefficient (Wildman–Crippen LogP) is 4.61. The number of allylic oxidation sites excluding steroid dienone is 1. The summed E-state index contributed by atoms with van der Waals surface area (Å²) in [5.74, 6) is -1.59. The van der Waals surface area contributed by atoms with E-state index in [1.807, 2.05) is 6.07 Å². The van der Waals surface area contributed by atoms with E-state index in [9.17, 15) is 8.78 Å². The van der Waals surface area contributed by atoms with Crippen molar-refractivity contribution in [1.82, 2.24) is 0 Å². The molecule has 0 aromatic heterocycles. The molecule has 0 bridgehead atoms. The molecule has 0 heterocycles. The lowest BCUT2D eigenvalue weighted by molar-refractivity contribution is 0.576. The fraction of sp³-hybridized carbons (Fsp3) is 0.182. The summed E-state index contributed by atoms with van der Waals surface area (Å²) in [4.78, 5) is 0. The molecular weight excluding hydrogens is 299 g/mol. The Morgan fingerprint density at radius 3 is 2.31 bits per heavy atom. The van der Waals surface area contributed by atoms with E-state index in [-0.39, 0.29) is 20.6 Å². The van der Waals surface area contributed by atoms with Gasteiger partial charge in [0.25, 0.3) is 0 Å². The highest BCUT2D eigenvalue weighted by atomic mass is 79.9. The molecule has 0 N–H and O–H groups in total. The SMILES string of the molecule is CCC(C#N)=C(Cl)c1c(F)cc(Br)cc1F. The highest BCUT2D eigenvalue weighted by Gasteiger charge is 2.16. The Labute approximate surface area is 105 Å². The van der Waals surface area contributed by atoms with Gasteiger partial charge in [0.05, 0.1) is 16.7 Å². The zero-order valence-electron chi connectivity index (χ0n) is 8.32. The van der Waals surface area contributed by atoms with Gasteiger partial charge in [-0.25, -0.2) is 8.78 Å². The van der Waals surface area contributed by atoms with Gasteiger partial charge in [-0.15, -0.1) is 0 Å². The smallest absolute Gasteiger partial charge is 0.136 e. The van der Waals surface area contributed by atoms with E-state index in [4.69, 9.17) is 16.9 Å². The first-order chi connectivity index (χ1) is 7.51. The molecule has 0 saturated heterocycles. The summed E-state index contributed by atoms with van der Waals surface area (Å²) in [5.41, 5.74) is -0.204. The van der Waals surface area contributed by atoms with Crippen LogP contribution in [0.5, 0.6) is 0 Å². The lowest BCUT2D eigenvalue weighted by atomic mass is 10.1. The van der Waals surface area contributed by atoms with Crippen LogP contribution in [0.4, 0.5) is 8.78 Å². The second-order valence-electron chi connectivity index (χ2n) is 3.00. The molecule has 0 aliphatic rings. The zero-order chi connectivity index (χ0) is 12.3. The normalized spacial score (nSPS) is 12.0. The number of hydrogen-bond donors (Lipinski definition) is 0. The highest BCUT2D eigenvalue weighted by molar-refractivity contribution is 9.10. The van der Waals surface area contributed by atoms with Gasteiger partial charge in [-0.3, -0.25) is 0 Å². The highest BCUT2D eigenvalue weighted by Crippen LogP contribution is 2.31. The van der Waals surface area contributed by atoms with Crippen molar-refractivity contribution in [3.8, 4) is 6.07 Å². The van der Waals surface area contributed by atoms with Crippen molar-refractivity contribution < 1.29 is 8.78 Å². The molecule has 0 saturated carbocycles. The van der Waals surface area contributed by atoms with Crippen molar-refractivity contribution >= 4 is 32.6 Å². The minimum Gasteiger partial charge on any atom is -0.206 e. The summed E-state index contributed by atoms with van der Waals surface area (Å²) in [6.45, 7) is 1.69. The molecule has 0 radical (unpaired) electrons. The minimum atomic E-state index is -0.793. The van der Waals surface area contributed by atoms with Crippen LogP contribution in [0.15, 0.2) is 22.2 Å². The van der Waals surface area contributed by atoms with Gasteiger partial charge < -0.3 is 0 Å². The van der Waals surface area contributed by atoms with Gasteiger partial charge in [-0.2, -0.15) is 5.26 Å². The van der Waals surface area contributed by atoms with Crippen LogP contribution in [0.2, 0.25) is 0 Å². The molecule has 1 aromatic carbocycles. The number of rotatable bonds is 2. The van der Waals surface area contributed by atoms with Crippen LogP contribution >= 0.6 is 27.5 Å². The zero-order valence-corrected chi connectivity index (χ0v) is 10.7. The van der Waals surface area contributed by atoms with Crippen molar-refractivity contribution in [2.75, 3.05) is 0 Å². The molecule has 1 nitrogen and oxygen atoms in total. The molecule has 0 fully saturated rings. The van der Waals surface area contributed by atoms with Gasteiger partial charge >= 0.3 is 0 Å². The first-order valence-electron chi connectivity index (χ1n) is 4.44. The van der Waals surface area contributed by atoms with E-state index in [1.54, 1.807) is 6.92 Å². The summed E-state index contributed by atoms with van der Waals surface area (Å²) in [6.07, 6.45) is 0.324. The third kappa shape index (κ3) is 2.60. The Morgan fingerprint density at radius 2 is 1.94 bits per heavy atom. The first-order valence-corrected chi connectivity index (χ1v) is 5.62. The fourth-order valence-electron chi connectivity index (χ4n) is 1.19. The van der Waals surface area contributed by atoms with Gasteiger partial charge in [0, 0.05) is 10.0 Å². The predicted molar refractivity (Wildman–Crippen MR) is 62.7 cm³/mol. The summed E-state index contributed by atoms with van der Waals surface area (Å²) in [6, 6.07) is 4.03. The molecule has 16 heavy (non-hydrogen) atoms.